The second-order valence-corrected chi connectivity index (χ2v) is 4.46. The van der Waals surface area contributed by atoms with E-state index < -0.39 is 6.04 Å². The summed E-state index contributed by atoms with van der Waals surface area (Å²) in [6, 6.07) is 9.09. The number of esters is 1. The Morgan fingerprint density at radius 3 is 2.47 bits per heavy atom. The molecule has 0 spiro atoms. The molecule has 0 saturated heterocycles. The molecule has 1 aromatic carbocycles. The lowest BCUT2D eigenvalue weighted by Gasteiger charge is -2.28. The highest BCUT2D eigenvalue weighted by atomic mass is 16.5. The SMILES string of the molecule is C=CC(COc1ccccc1)C(C(=O)OC)N(C)C. The van der Waals surface area contributed by atoms with Crippen LogP contribution in [0.15, 0.2) is 43.0 Å². The number of nitrogens with zero attached hydrogens (tertiary/aromatic N) is 1. The molecule has 0 heterocycles. The quantitative estimate of drug-likeness (QED) is 0.557. The number of carbonyl (C=O) groups is 1. The van der Waals surface area contributed by atoms with Gasteiger partial charge in [-0.25, -0.2) is 0 Å². The van der Waals surface area contributed by atoms with Gasteiger partial charge in [0, 0.05) is 5.92 Å². The zero-order chi connectivity index (χ0) is 14.3. The summed E-state index contributed by atoms with van der Waals surface area (Å²) in [6.45, 7) is 4.16. The van der Waals surface area contributed by atoms with Gasteiger partial charge >= 0.3 is 5.97 Å². The first kappa shape index (κ1) is 15.2. The van der Waals surface area contributed by atoms with Gasteiger partial charge in [0.15, 0.2) is 0 Å². The number of para-hydroxylation sites is 1. The lowest BCUT2D eigenvalue weighted by Crippen LogP contribution is -2.44. The van der Waals surface area contributed by atoms with Gasteiger partial charge in [0.1, 0.15) is 11.8 Å². The first-order valence-corrected chi connectivity index (χ1v) is 6.14. The molecule has 0 bridgehead atoms. The van der Waals surface area contributed by atoms with Crippen LogP contribution in [0.3, 0.4) is 0 Å². The van der Waals surface area contributed by atoms with Crippen molar-refractivity contribution in [3.05, 3.63) is 43.0 Å². The summed E-state index contributed by atoms with van der Waals surface area (Å²) in [6.07, 6.45) is 1.73. The Morgan fingerprint density at radius 1 is 1.37 bits per heavy atom. The second kappa shape index (κ2) is 7.59. The van der Waals surface area contributed by atoms with E-state index in [2.05, 4.69) is 6.58 Å². The van der Waals surface area contributed by atoms with E-state index in [1.165, 1.54) is 7.11 Å². The van der Waals surface area contributed by atoms with E-state index in [1.54, 1.807) is 6.08 Å². The molecule has 0 aliphatic heterocycles. The van der Waals surface area contributed by atoms with Crippen LogP contribution in [0.2, 0.25) is 0 Å². The first-order chi connectivity index (χ1) is 9.10. The number of benzene rings is 1. The number of methoxy groups -OCH3 is 1. The van der Waals surface area contributed by atoms with E-state index in [0.717, 1.165) is 5.75 Å². The topological polar surface area (TPSA) is 38.8 Å². The molecule has 0 fully saturated rings. The summed E-state index contributed by atoms with van der Waals surface area (Å²) in [5.74, 6) is 0.353. The molecule has 0 saturated carbocycles. The molecule has 0 amide bonds. The predicted molar refractivity (Wildman–Crippen MR) is 75.1 cm³/mol. The van der Waals surface area contributed by atoms with Gasteiger partial charge < -0.3 is 9.47 Å². The Bertz CT molecular complexity index is 403. The Balaban J connectivity index is 2.70. The second-order valence-electron chi connectivity index (χ2n) is 4.46. The van der Waals surface area contributed by atoms with Crippen LogP contribution >= 0.6 is 0 Å². The van der Waals surface area contributed by atoms with Crippen molar-refractivity contribution in [2.24, 2.45) is 5.92 Å². The van der Waals surface area contributed by atoms with Gasteiger partial charge in [-0.1, -0.05) is 24.3 Å². The van der Waals surface area contributed by atoms with Crippen LogP contribution in [-0.4, -0.2) is 44.7 Å². The summed E-state index contributed by atoms with van der Waals surface area (Å²) in [7, 11) is 5.05. The van der Waals surface area contributed by atoms with Crippen LogP contribution < -0.4 is 4.74 Å². The minimum absolute atomic E-state index is 0.136. The summed E-state index contributed by atoms with van der Waals surface area (Å²) in [5, 5.41) is 0. The maximum atomic E-state index is 11.8. The summed E-state index contributed by atoms with van der Waals surface area (Å²) < 4.78 is 10.5. The Labute approximate surface area is 114 Å². The fourth-order valence-corrected chi connectivity index (χ4v) is 1.89. The molecule has 0 aliphatic carbocycles. The molecule has 4 nitrogen and oxygen atoms in total. The fraction of sp³-hybridized carbons (Fsp3) is 0.400. The molecule has 0 aromatic heterocycles. The normalized spacial score (nSPS) is 13.7. The fourth-order valence-electron chi connectivity index (χ4n) is 1.89. The van der Waals surface area contributed by atoms with Crippen LogP contribution in [-0.2, 0) is 9.53 Å². The van der Waals surface area contributed by atoms with E-state index in [9.17, 15) is 4.79 Å². The van der Waals surface area contributed by atoms with Crippen LogP contribution in [0.1, 0.15) is 0 Å². The van der Waals surface area contributed by atoms with E-state index in [1.807, 2.05) is 49.3 Å². The van der Waals surface area contributed by atoms with Crippen molar-refractivity contribution in [2.75, 3.05) is 27.8 Å². The van der Waals surface area contributed by atoms with E-state index >= 15 is 0 Å². The third-order valence-electron chi connectivity index (χ3n) is 2.89. The lowest BCUT2D eigenvalue weighted by atomic mass is 10.00. The van der Waals surface area contributed by atoms with Crippen molar-refractivity contribution in [1.29, 1.82) is 0 Å². The van der Waals surface area contributed by atoms with Gasteiger partial charge in [0.25, 0.3) is 0 Å². The van der Waals surface area contributed by atoms with Crippen molar-refractivity contribution in [3.63, 3.8) is 0 Å². The van der Waals surface area contributed by atoms with E-state index in [4.69, 9.17) is 9.47 Å². The molecule has 4 heteroatoms. The number of rotatable bonds is 7. The molecule has 2 atom stereocenters. The molecule has 19 heavy (non-hydrogen) atoms. The number of likely N-dealkylation sites (N-methyl/N-ethyl adjacent to an activating group) is 1. The van der Waals surface area contributed by atoms with Crippen molar-refractivity contribution in [3.8, 4) is 5.75 Å². The van der Waals surface area contributed by atoms with Gasteiger partial charge in [-0.3, -0.25) is 9.69 Å². The van der Waals surface area contributed by atoms with Crippen molar-refractivity contribution < 1.29 is 14.3 Å². The lowest BCUT2D eigenvalue weighted by molar-refractivity contribution is -0.147. The van der Waals surface area contributed by atoms with Crippen molar-refractivity contribution in [1.82, 2.24) is 4.90 Å². The average molecular weight is 263 g/mol. The molecule has 104 valence electrons. The maximum absolute atomic E-state index is 11.8. The van der Waals surface area contributed by atoms with Gasteiger partial charge in [0.05, 0.1) is 13.7 Å². The smallest absolute Gasteiger partial charge is 0.323 e. The average Bonchev–Trinajstić information content (AvgIpc) is 2.43. The highest BCUT2D eigenvalue weighted by Gasteiger charge is 2.29. The number of carbonyl (C=O) groups excluding carboxylic acids is 1. The molecule has 1 rings (SSSR count). The monoisotopic (exact) mass is 263 g/mol. The number of hydrogen-bond donors (Lipinski definition) is 0. The highest BCUT2D eigenvalue weighted by Crippen LogP contribution is 2.16. The third kappa shape index (κ3) is 4.41. The summed E-state index contributed by atoms with van der Waals surface area (Å²) in [5.41, 5.74) is 0. The third-order valence-corrected chi connectivity index (χ3v) is 2.89. The first-order valence-electron chi connectivity index (χ1n) is 6.14. The molecule has 0 aliphatic rings. The predicted octanol–water partition coefficient (Wildman–Crippen LogP) is 1.97. The zero-order valence-corrected chi connectivity index (χ0v) is 11.7. The minimum atomic E-state index is -0.397. The van der Waals surface area contributed by atoms with Gasteiger partial charge in [-0.2, -0.15) is 0 Å². The van der Waals surface area contributed by atoms with Crippen molar-refractivity contribution >= 4 is 5.97 Å². The zero-order valence-electron chi connectivity index (χ0n) is 11.7. The Hall–Kier alpha value is -1.81. The van der Waals surface area contributed by atoms with Gasteiger partial charge in [0.2, 0.25) is 0 Å². The largest absolute Gasteiger partial charge is 0.493 e. The van der Waals surface area contributed by atoms with Gasteiger partial charge in [-0.05, 0) is 26.2 Å². The molecular weight excluding hydrogens is 242 g/mol. The molecule has 0 radical (unpaired) electrons. The van der Waals surface area contributed by atoms with Crippen LogP contribution in [0, 0.1) is 5.92 Å². The number of ether oxygens (including phenoxy) is 2. The standard InChI is InChI=1S/C15H21NO3/c1-5-12(14(16(2)3)15(17)18-4)11-19-13-9-7-6-8-10-13/h5-10,12,14H,1,11H2,2-4H3. The summed E-state index contributed by atoms with van der Waals surface area (Å²) >= 11 is 0. The molecular formula is C15H21NO3. The molecule has 1 aromatic rings. The van der Waals surface area contributed by atoms with E-state index in [0.29, 0.717) is 6.61 Å². The Kier molecular flexibility index (Phi) is 6.09. The minimum Gasteiger partial charge on any atom is -0.493 e. The molecule has 2 unspecified atom stereocenters. The summed E-state index contributed by atoms with van der Waals surface area (Å²) in [4.78, 5) is 13.6. The Morgan fingerprint density at radius 2 is 2.00 bits per heavy atom. The van der Waals surface area contributed by atoms with Crippen LogP contribution in [0.25, 0.3) is 0 Å². The molecule has 0 N–H and O–H groups in total. The van der Waals surface area contributed by atoms with E-state index in [-0.39, 0.29) is 11.9 Å². The highest BCUT2D eigenvalue weighted by molar-refractivity contribution is 5.76. The van der Waals surface area contributed by atoms with Crippen molar-refractivity contribution in [2.45, 2.75) is 6.04 Å². The van der Waals surface area contributed by atoms with Crippen LogP contribution in [0.5, 0.6) is 5.75 Å². The maximum Gasteiger partial charge on any atom is 0.323 e. The van der Waals surface area contributed by atoms with Crippen LogP contribution in [0.4, 0.5) is 0 Å². The number of hydrogen-bond acceptors (Lipinski definition) is 4. The van der Waals surface area contributed by atoms with Gasteiger partial charge in [-0.15, -0.1) is 6.58 Å².